The summed E-state index contributed by atoms with van der Waals surface area (Å²) < 4.78 is 1.88. The lowest BCUT2D eigenvalue weighted by Crippen LogP contribution is -2.38. The van der Waals surface area contributed by atoms with Crippen molar-refractivity contribution < 1.29 is 4.79 Å². The van der Waals surface area contributed by atoms with E-state index in [0.717, 1.165) is 31.2 Å². The second-order valence-electron chi connectivity index (χ2n) is 8.36. The van der Waals surface area contributed by atoms with E-state index in [1.54, 1.807) is 0 Å². The highest BCUT2D eigenvalue weighted by atomic mass is 16.2. The van der Waals surface area contributed by atoms with Crippen LogP contribution in [-0.2, 0) is 31.5 Å². The molecule has 2 aromatic rings. The predicted octanol–water partition coefficient (Wildman–Crippen LogP) is 2.87. The molecular weight excluding hydrogens is 376 g/mol. The first-order valence-corrected chi connectivity index (χ1v) is 10.7. The lowest BCUT2D eigenvalue weighted by molar-refractivity contribution is -0.128. The summed E-state index contributed by atoms with van der Waals surface area (Å²) in [7, 11) is 5.82. The zero-order valence-electron chi connectivity index (χ0n) is 18.9. The van der Waals surface area contributed by atoms with E-state index in [0.29, 0.717) is 25.4 Å². The van der Waals surface area contributed by atoms with Crippen molar-refractivity contribution in [1.82, 2.24) is 24.9 Å². The van der Waals surface area contributed by atoms with Gasteiger partial charge in [-0.15, -0.1) is 0 Å². The highest BCUT2D eigenvalue weighted by molar-refractivity contribution is 5.79. The van der Waals surface area contributed by atoms with Gasteiger partial charge in [0.2, 0.25) is 5.91 Å². The molecule has 0 unspecified atom stereocenters. The highest BCUT2D eigenvalue weighted by Gasteiger charge is 2.20. The molecule has 0 spiro atoms. The Hall–Kier alpha value is -2.83. The summed E-state index contributed by atoms with van der Waals surface area (Å²) in [5, 5.41) is 8.04. The molecule has 1 aliphatic heterocycles. The number of carbonyl (C=O) groups excluding carboxylic acids is 1. The number of aryl methyl sites for hydroxylation is 1. The molecule has 1 saturated heterocycles. The minimum absolute atomic E-state index is 0.266. The summed E-state index contributed by atoms with van der Waals surface area (Å²) in [5.74, 6) is 1.50. The number of benzene rings is 1. The second kappa shape index (κ2) is 9.78. The average molecular weight is 411 g/mol. The van der Waals surface area contributed by atoms with Crippen LogP contribution >= 0.6 is 0 Å². The van der Waals surface area contributed by atoms with Gasteiger partial charge in [0, 0.05) is 65.5 Å². The van der Waals surface area contributed by atoms with Crippen molar-refractivity contribution in [3.05, 3.63) is 52.8 Å². The van der Waals surface area contributed by atoms with Crippen LogP contribution < -0.4 is 5.32 Å². The van der Waals surface area contributed by atoms with Gasteiger partial charge < -0.3 is 15.1 Å². The van der Waals surface area contributed by atoms with Gasteiger partial charge in [0.25, 0.3) is 0 Å². The maximum absolute atomic E-state index is 11.8. The van der Waals surface area contributed by atoms with E-state index >= 15 is 0 Å². The fourth-order valence-corrected chi connectivity index (χ4v) is 3.91. The molecule has 7 nitrogen and oxygen atoms in total. The van der Waals surface area contributed by atoms with Crippen LogP contribution in [0.15, 0.2) is 35.5 Å². The fourth-order valence-electron chi connectivity index (χ4n) is 3.91. The molecule has 1 aromatic carbocycles. The first kappa shape index (κ1) is 21.9. The van der Waals surface area contributed by atoms with E-state index < -0.39 is 0 Å². The fraction of sp³-hybridized carbons (Fsp3) is 0.522. The van der Waals surface area contributed by atoms with Gasteiger partial charge in [-0.2, -0.15) is 5.10 Å². The maximum atomic E-state index is 11.8. The van der Waals surface area contributed by atoms with Gasteiger partial charge in [0.1, 0.15) is 0 Å². The number of rotatable bonds is 7. The number of likely N-dealkylation sites (tertiary alicyclic amines) is 1. The van der Waals surface area contributed by atoms with E-state index in [1.807, 2.05) is 30.7 Å². The lowest BCUT2D eigenvalue weighted by Gasteiger charge is -2.22. The van der Waals surface area contributed by atoms with Crippen molar-refractivity contribution in [3.8, 4) is 0 Å². The molecule has 1 N–H and O–H groups in total. The third-order valence-corrected chi connectivity index (χ3v) is 5.48. The lowest BCUT2D eigenvalue weighted by atomic mass is 10.1. The molecule has 7 heteroatoms. The number of carbonyl (C=O) groups is 1. The molecule has 30 heavy (non-hydrogen) atoms. The molecule has 0 aliphatic carbocycles. The van der Waals surface area contributed by atoms with Gasteiger partial charge >= 0.3 is 0 Å². The van der Waals surface area contributed by atoms with Gasteiger partial charge in [0.05, 0.1) is 5.69 Å². The minimum atomic E-state index is 0.266. The highest BCUT2D eigenvalue weighted by Crippen LogP contribution is 2.19. The standard InChI is InChI=1S/C23H34N6O/c1-17(2)22-20(16-28(5)26-22)15-27(4)23(24-3)25-13-18-8-10-19(11-9-18)14-29-12-6-7-21(29)30/h8-11,16-17H,6-7,12-15H2,1-5H3,(H,24,25). The Morgan fingerprint density at radius 3 is 2.57 bits per heavy atom. The molecule has 2 heterocycles. The van der Waals surface area contributed by atoms with Crippen molar-refractivity contribution in [1.29, 1.82) is 0 Å². The van der Waals surface area contributed by atoms with Crippen LogP contribution in [0.5, 0.6) is 0 Å². The summed E-state index contributed by atoms with van der Waals surface area (Å²) >= 11 is 0. The number of guanidine groups is 1. The normalized spacial score (nSPS) is 14.7. The van der Waals surface area contributed by atoms with Gasteiger partial charge in [-0.1, -0.05) is 38.1 Å². The number of nitrogens with one attached hydrogen (secondary N) is 1. The number of hydrogen-bond acceptors (Lipinski definition) is 3. The third kappa shape index (κ3) is 5.40. The van der Waals surface area contributed by atoms with Crippen LogP contribution in [0.3, 0.4) is 0 Å². The Morgan fingerprint density at radius 1 is 1.27 bits per heavy atom. The van der Waals surface area contributed by atoms with Crippen LogP contribution in [0.2, 0.25) is 0 Å². The Kier molecular flexibility index (Phi) is 7.13. The van der Waals surface area contributed by atoms with Crippen LogP contribution in [0.1, 0.15) is 55.0 Å². The van der Waals surface area contributed by atoms with Crippen LogP contribution in [0.4, 0.5) is 0 Å². The average Bonchev–Trinajstić information content (AvgIpc) is 3.28. The summed E-state index contributed by atoms with van der Waals surface area (Å²) in [4.78, 5) is 20.3. The summed E-state index contributed by atoms with van der Waals surface area (Å²) in [6, 6.07) is 8.46. The topological polar surface area (TPSA) is 65.8 Å². The first-order chi connectivity index (χ1) is 14.4. The van der Waals surface area contributed by atoms with Crippen molar-refractivity contribution in [2.24, 2.45) is 12.0 Å². The molecule has 0 bridgehead atoms. The molecular formula is C23H34N6O. The van der Waals surface area contributed by atoms with Gasteiger partial charge in [0.15, 0.2) is 5.96 Å². The molecule has 0 radical (unpaired) electrons. The molecule has 3 rings (SSSR count). The molecule has 1 fully saturated rings. The zero-order valence-corrected chi connectivity index (χ0v) is 18.9. The van der Waals surface area contributed by atoms with Crippen LogP contribution in [-0.4, -0.2) is 52.1 Å². The summed E-state index contributed by atoms with van der Waals surface area (Å²) in [5.41, 5.74) is 4.71. The molecule has 0 saturated carbocycles. The third-order valence-electron chi connectivity index (χ3n) is 5.48. The van der Waals surface area contributed by atoms with Gasteiger partial charge in [-0.05, 0) is 23.5 Å². The number of hydrogen-bond donors (Lipinski definition) is 1. The molecule has 0 atom stereocenters. The Bertz CT molecular complexity index is 884. The van der Waals surface area contributed by atoms with Crippen molar-refractivity contribution in [3.63, 3.8) is 0 Å². The summed E-state index contributed by atoms with van der Waals surface area (Å²) in [6.45, 7) is 7.37. The van der Waals surface area contributed by atoms with Gasteiger partial charge in [-0.25, -0.2) is 0 Å². The Labute approximate surface area is 179 Å². The second-order valence-corrected chi connectivity index (χ2v) is 8.36. The van der Waals surface area contributed by atoms with Crippen molar-refractivity contribution in [2.45, 2.75) is 52.2 Å². The van der Waals surface area contributed by atoms with Gasteiger partial charge in [-0.3, -0.25) is 14.5 Å². The maximum Gasteiger partial charge on any atom is 0.222 e. The Morgan fingerprint density at radius 2 is 1.97 bits per heavy atom. The van der Waals surface area contributed by atoms with E-state index in [4.69, 9.17) is 0 Å². The van der Waals surface area contributed by atoms with E-state index in [2.05, 4.69) is 64.6 Å². The molecule has 1 aromatic heterocycles. The number of amides is 1. The Balaban J connectivity index is 1.55. The number of aliphatic imine (C=N–C) groups is 1. The monoisotopic (exact) mass is 410 g/mol. The van der Waals surface area contributed by atoms with E-state index in [1.165, 1.54) is 16.7 Å². The minimum Gasteiger partial charge on any atom is -0.352 e. The van der Waals surface area contributed by atoms with Crippen LogP contribution in [0.25, 0.3) is 0 Å². The molecule has 1 aliphatic rings. The molecule has 1 amide bonds. The number of aromatic nitrogens is 2. The van der Waals surface area contributed by atoms with Crippen LogP contribution in [0, 0.1) is 0 Å². The zero-order chi connectivity index (χ0) is 21.7. The quantitative estimate of drug-likeness (QED) is 0.563. The van der Waals surface area contributed by atoms with Crippen molar-refractivity contribution in [2.75, 3.05) is 20.6 Å². The van der Waals surface area contributed by atoms with E-state index in [9.17, 15) is 4.79 Å². The number of nitrogens with zero attached hydrogens (tertiary/aromatic N) is 5. The smallest absolute Gasteiger partial charge is 0.222 e. The first-order valence-electron chi connectivity index (χ1n) is 10.7. The largest absolute Gasteiger partial charge is 0.352 e. The van der Waals surface area contributed by atoms with Crippen molar-refractivity contribution >= 4 is 11.9 Å². The SMILES string of the molecule is CN=C(NCc1ccc(CN2CCCC2=O)cc1)N(C)Cc1cn(C)nc1C(C)C. The summed E-state index contributed by atoms with van der Waals surface area (Å²) in [6.07, 6.45) is 3.75. The predicted molar refractivity (Wildman–Crippen MR) is 120 cm³/mol. The molecule has 162 valence electrons. The van der Waals surface area contributed by atoms with E-state index in [-0.39, 0.29) is 5.91 Å².